The van der Waals surface area contributed by atoms with Crippen LogP contribution in [0.15, 0.2) is 0 Å². The molecule has 0 aliphatic rings. The van der Waals surface area contributed by atoms with Gasteiger partial charge >= 0.3 is 18.4 Å². The summed E-state index contributed by atoms with van der Waals surface area (Å²) in [4.78, 5) is 10.0. The van der Waals surface area contributed by atoms with Gasteiger partial charge in [0.2, 0.25) is 0 Å². The van der Waals surface area contributed by atoms with Crippen molar-refractivity contribution in [3.8, 4) is 0 Å². The molecule has 0 bridgehead atoms. The van der Waals surface area contributed by atoms with E-state index in [1.165, 1.54) is 5.32 Å². The molecule has 0 atom stereocenters. The van der Waals surface area contributed by atoms with Gasteiger partial charge < -0.3 is 5.32 Å². The summed E-state index contributed by atoms with van der Waals surface area (Å²) in [6, 6.07) is 0. The summed E-state index contributed by atoms with van der Waals surface area (Å²) in [7, 11) is 0. The minimum atomic E-state index is -5.10. The van der Waals surface area contributed by atoms with Crippen LogP contribution in [0.25, 0.3) is 0 Å². The third kappa shape index (κ3) is 6.52. The first-order valence-electron chi connectivity index (χ1n) is 3.18. The maximum atomic E-state index is 11.4. The first-order valence-corrected chi connectivity index (χ1v) is 3.18. The maximum Gasteiger partial charge on any atom is 0.522 e. The molecule has 14 heavy (non-hydrogen) atoms. The number of rotatable bonds is 3. The standard InChI is InChI=1S/C5H5F6NO2/c6-4(7,8)3(13)12-1-2-14-5(9,10)11/h1-2H2,(H,12,13). The van der Waals surface area contributed by atoms with Gasteiger partial charge in [0.25, 0.3) is 0 Å². The monoisotopic (exact) mass is 225 g/mol. The van der Waals surface area contributed by atoms with E-state index in [0.29, 0.717) is 0 Å². The molecule has 1 N–H and O–H groups in total. The van der Waals surface area contributed by atoms with Gasteiger partial charge in [0.15, 0.2) is 0 Å². The van der Waals surface area contributed by atoms with Crippen LogP contribution in [-0.4, -0.2) is 31.6 Å². The third-order valence-corrected chi connectivity index (χ3v) is 0.911. The number of nitrogens with one attached hydrogen (secondary N) is 1. The smallest absolute Gasteiger partial charge is 0.346 e. The average molecular weight is 225 g/mol. The quantitative estimate of drug-likeness (QED) is 0.579. The second kappa shape index (κ2) is 4.49. The number of alkyl halides is 6. The summed E-state index contributed by atoms with van der Waals surface area (Å²) in [5, 5.41) is 1.21. The van der Waals surface area contributed by atoms with Crippen molar-refractivity contribution in [1.29, 1.82) is 0 Å². The highest BCUT2D eigenvalue weighted by Crippen LogP contribution is 2.16. The summed E-state index contributed by atoms with van der Waals surface area (Å²) in [6.45, 7) is -1.93. The van der Waals surface area contributed by atoms with Gasteiger partial charge in [0.1, 0.15) is 0 Å². The number of carbonyl (C=O) groups is 1. The van der Waals surface area contributed by atoms with Gasteiger partial charge in [-0.15, -0.1) is 13.2 Å². The van der Waals surface area contributed by atoms with Crippen LogP contribution < -0.4 is 5.32 Å². The number of ether oxygens (including phenoxy) is 1. The van der Waals surface area contributed by atoms with E-state index in [9.17, 15) is 31.1 Å². The van der Waals surface area contributed by atoms with Crippen molar-refractivity contribution in [3.05, 3.63) is 0 Å². The van der Waals surface area contributed by atoms with E-state index >= 15 is 0 Å². The Hall–Kier alpha value is -0.990. The molecule has 0 radical (unpaired) electrons. The van der Waals surface area contributed by atoms with Crippen LogP contribution in [0, 0.1) is 0 Å². The van der Waals surface area contributed by atoms with E-state index in [-0.39, 0.29) is 0 Å². The highest BCUT2D eigenvalue weighted by Gasteiger charge is 2.38. The molecule has 0 aliphatic carbocycles. The predicted octanol–water partition coefficient (Wildman–Crippen LogP) is 1.20. The van der Waals surface area contributed by atoms with Gasteiger partial charge in [-0.05, 0) is 0 Å². The van der Waals surface area contributed by atoms with Gasteiger partial charge in [0.05, 0.1) is 6.61 Å². The zero-order valence-electron chi connectivity index (χ0n) is 6.50. The molecule has 84 valence electrons. The van der Waals surface area contributed by atoms with E-state index in [4.69, 9.17) is 0 Å². The number of amides is 1. The van der Waals surface area contributed by atoms with Crippen LogP contribution in [0.3, 0.4) is 0 Å². The predicted molar refractivity (Wildman–Crippen MR) is 31.1 cm³/mol. The largest absolute Gasteiger partial charge is 0.522 e. The number of hydrogen-bond acceptors (Lipinski definition) is 2. The number of halogens is 6. The molecule has 0 heterocycles. The summed E-state index contributed by atoms with van der Waals surface area (Å²) in [6.07, 6.45) is -10.0. The van der Waals surface area contributed by atoms with Crippen LogP contribution in [0.1, 0.15) is 0 Å². The third-order valence-electron chi connectivity index (χ3n) is 0.911. The second-order valence-corrected chi connectivity index (χ2v) is 2.05. The lowest BCUT2D eigenvalue weighted by Crippen LogP contribution is -2.39. The molecule has 0 unspecified atom stereocenters. The lowest BCUT2D eigenvalue weighted by atomic mass is 10.5. The zero-order valence-corrected chi connectivity index (χ0v) is 6.50. The molecule has 3 nitrogen and oxygen atoms in total. The molecule has 0 spiro atoms. The molecule has 0 fully saturated rings. The Morgan fingerprint density at radius 3 is 2.00 bits per heavy atom. The molecular formula is C5H5F6NO2. The molecule has 0 saturated carbocycles. The van der Waals surface area contributed by atoms with Gasteiger partial charge in [-0.1, -0.05) is 0 Å². The normalized spacial score (nSPS) is 12.7. The van der Waals surface area contributed by atoms with Gasteiger partial charge in [-0.3, -0.25) is 9.53 Å². The van der Waals surface area contributed by atoms with Crippen LogP contribution in [-0.2, 0) is 9.53 Å². The van der Waals surface area contributed by atoms with Gasteiger partial charge in [-0.25, -0.2) is 0 Å². The Morgan fingerprint density at radius 2 is 1.64 bits per heavy atom. The Bertz CT molecular complexity index is 197. The van der Waals surface area contributed by atoms with Crippen LogP contribution in [0.5, 0.6) is 0 Å². The number of carbonyl (C=O) groups excluding carboxylic acids is 1. The Kier molecular flexibility index (Phi) is 4.17. The molecule has 0 rings (SSSR count). The maximum absolute atomic E-state index is 11.4. The average Bonchev–Trinajstić information content (AvgIpc) is 1.93. The van der Waals surface area contributed by atoms with E-state index < -0.39 is 31.6 Å². The first-order chi connectivity index (χ1) is 6.13. The van der Waals surface area contributed by atoms with Crippen LogP contribution in [0.4, 0.5) is 26.3 Å². The van der Waals surface area contributed by atoms with E-state index in [1.807, 2.05) is 0 Å². The highest BCUT2D eigenvalue weighted by molar-refractivity contribution is 5.81. The molecule has 0 aromatic carbocycles. The van der Waals surface area contributed by atoms with Gasteiger partial charge in [-0.2, -0.15) is 13.2 Å². The molecule has 0 aliphatic heterocycles. The SMILES string of the molecule is O=C(NCCOC(F)(F)F)C(F)(F)F. The fourth-order valence-corrected chi connectivity index (χ4v) is 0.432. The van der Waals surface area contributed by atoms with Crippen molar-refractivity contribution in [1.82, 2.24) is 5.32 Å². The molecule has 1 amide bonds. The van der Waals surface area contributed by atoms with Crippen molar-refractivity contribution in [2.24, 2.45) is 0 Å². The minimum absolute atomic E-state index is 0.863. The van der Waals surface area contributed by atoms with Gasteiger partial charge in [0, 0.05) is 6.54 Å². The summed E-state index contributed by atoms with van der Waals surface area (Å²) < 4.78 is 71.2. The molecule has 0 saturated heterocycles. The van der Waals surface area contributed by atoms with Crippen molar-refractivity contribution in [2.45, 2.75) is 12.5 Å². The molecule has 0 aromatic heterocycles. The van der Waals surface area contributed by atoms with Crippen molar-refractivity contribution in [3.63, 3.8) is 0 Å². The van der Waals surface area contributed by atoms with E-state index in [1.54, 1.807) is 0 Å². The molecule has 9 heteroatoms. The Morgan fingerprint density at radius 1 is 1.14 bits per heavy atom. The second-order valence-electron chi connectivity index (χ2n) is 2.05. The highest BCUT2D eigenvalue weighted by atomic mass is 19.4. The zero-order chi connectivity index (χ0) is 11.4. The van der Waals surface area contributed by atoms with Crippen LogP contribution >= 0.6 is 0 Å². The number of hydrogen-bond donors (Lipinski definition) is 1. The lowest BCUT2D eigenvalue weighted by molar-refractivity contribution is -0.323. The van der Waals surface area contributed by atoms with Crippen molar-refractivity contribution in [2.75, 3.05) is 13.2 Å². The summed E-state index contributed by atoms with van der Waals surface area (Å²) in [5.74, 6) is -2.30. The Labute approximate surface area is 74.0 Å². The minimum Gasteiger partial charge on any atom is -0.346 e. The molecule has 0 aromatic rings. The van der Waals surface area contributed by atoms with Crippen molar-refractivity contribution < 1.29 is 35.9 Å². The molecular weight excluding hydrogens is 220 g/mol. The van der Waals surface area contributed by atoms with E-state index in [2.05, 4.69) is 4.74 Å². The fraction of sp³-hybridized carbons (Fsp3) is 0.800. The fourth-order valence-electron chi connectivity index (χ4n) is 0.432. The topological polar surface area (TPSA) is 38.3 Å². The van der Waals surface area contributed by atoms with Crippen molar-refractivity contribution >= 4 is 5.91 Å². The summed E-state index contributed by atoms with van der Waals surface area (Å²) in [5.41, 5.74) is 0. The lowest BCUT2D eigenvalue weighted by Gasteiger charge is -2.09. The van der Waals surface area contributed by atoms with Crippen LogP contribution in [0.2, 0.25) is 0 Å². The Balaban J connectivity index is 3.62. The summed E-state index contributed by atoms with van der Waals surface area (Å²) >= 11 is 0. The first kappa shape index (κ1) is 13.0. The van der Waals surface area contributed by atoms with E-state index in [0.717, 1.165) is 0 Å².